The SMILES string of the molecule is CN1CCCc2c1nc(N1CCC3(CC1)C(=O)N(C)c1cccc(F)c13)[nH]c2=O. The molecule has 0 saturated carbocycles. The second-order valence-electron chi connectivity index (χ2n) is 8.28. The number of likely N-dealkylation sites (N-methyl/N-ethyl adjacent to an activating group) is 1. The molecule has 0 aliphatic carbocycles. The molecule has 0 bridgehead atoms. The van der Waals surface area contributed by atoms with Crippen molar-refractivity contribution < 1.29 is 9.18 Å². The van der Waals surface area contributed by atoms with Crippen molar-refractivity contribution in [3.8, 4) is 0 Å². The van der Waals surface area contributed by atoms with Crippen LogP contribution in [0.2, 0.25) is 0 Å². The summed E-state index contributed by atoms with van der Waals surface area (Å²) >= 11 is 0. The molecule has 0 unspecified atom stereocenters. The van der Waals surface area contributed by atoms with E-state index < -0.39 is 5.41 Å². The summed E-state index contributed by atoms with van der Waals surface area (Å²) in [6.07, 6.45) is 2.66. The molecule has 4 heterocycles. The molecule has 1 spiro atoms. The third-order valence-electron chi connectivity index (χ3n) is 6.73. The molecule has 0 radical (unpaired) electrons. The average molecular weight is 397 g/mol. The number of fused-ring (bicyclic) bond motifs is 3. The molecular formula is C21H24FN5O2. The van der Waals surface area contributed by atoms with E-state index in [0.29, 0.717) is 43.1 Å². The number of H-pyrrole nitrogens is 1. The first-order chi connectivity index (χ1) is 13.9. The topological polar surface area (TPSA) is 72.5 Å². The second-order valence-corrected chi connectivity index (χ2v) is 8.28. The molecule has 3 aliphatic rings. The lowest BCUT2D eigenvalue weighted by Crippen LogP contribution is -2.49. The first-order valence-electron chi connectivity index (χ1n) is 10.1. The molecule has 1 aromatic heterocycles. The summed E-state index contributed by atoms with van der Waals surface area (Å²) in [5.74, 6) is 0.896. The minimum absolute atomic E-state index is 0.0520. The van der Waals surface area contributed by atoms with E-state index in [2.05, 4.69) is 4.98 Å². The lowest BCUT2D eigenvalue weighted by molar-refractivity contribution is -0.123. The molecular weight excluding hydrogens is 373 g/mol. The fraction of sp³-hybridized carbons (Fsp3) is 0.476. The molecule has 29 heavy (non-hydrogen) atoms. The first kappa shape index (κ1) is 18.1. The largest absolute Gasteiger partial charge is 0.359 e. The Morgan fingerprint density at radius 3 is 2.66 bits per heavy atom. The smallest absolute Gasteiger partial charge is 0.257 e. The molecule has 1 aromatic carbocycles. The number of piperidine rings is 1. The van der Waals surface area contributed by atoms with Gasteiger partial charge in [0.2, 0.25) is 11.9 Å². The third kappa shape index (κ3) is 2.51. The minimum atomic E-state index is -0.836. The van der Waals surface area contributed by atoms with Crippen LogP contribution in [0.3, 0.4) is 0 Å². The molecule has 1 N–H and O–H groups in total. The van der Waals surface area contributed by atoms with Gasteiger partial charge in [-0.15, -0.1) is 0 Å². The Balaban J connectivity index is 1.47. The summed E-state index contributed by atoms with van der Waals surface area (Å²) in [5, 5.41) is 0. The van der Waals surface area contributed by atoms with Gasteiger partial charge in [0.25, 0.3) is 5.56 Å². The number of anilines is 3. The van der Waals surface area contributed by atoms with Crippen molar-refractivity contribution in [1.29, 1.82) is 0 Å². The van der Waals surface area contributed by atoms with Gasteiger partial charge in [-0.2, -0.15) is 4.98 Å². The minimum Gasteiger partial charge on any atom is -0.359 e. The number of hydrogen-bond acceptors (Lipinski definition) is 5. The van der Waals surface area contributed by atoms with E-state index in [0.717, 1.165) is 30.8 Å². The molecule has 1 saturated heterocycles. The van der Waals surface area contributed by atoms with Crippen LogP contribution in [0.5, 0.6) is 0 Å². The Hall–Kier alpha value is -2.90. The van der Waals surface area contributed by atoms with Crippen LogP contribution in [0.15, 0.2) is 23.0 Å². The Kier molecular flexibility index (Phi) is 3.94. The van der Waals surface area contributed by atoms with Gasteiger partial charge in [0, 0.05) is 39.3 Å². The summed E-state index contributed by atoms with van der Waals surface area (Å²) in [5.41, 5.74) is 0.977. The number of carbonyl (C=O) groups excluding carboxylic acids is 1. The number of carbonyl (C=O) groups is 1. The van der Waals surface area contributed by atoms with Gasteiger partial charge >= 0.3 is 0 Å². The van der Waals surface area contributed by atoms with E-state index in [1.807, 2.05) is 16.8 Å². The van der Waals surface area contributed by atoms with Gasteiger partial charge in [-0.25, -0.2) is 4.39 Å². The predicted octanol–water partition coefficient (Wildman–Crippen LogP) is 1.81. The molecule has 0 atom stereocenters. The van der Waals surface area contributed by atoms with Gasteiger partial charge in [0.15, 0.2) is 0 Å². The van der Waals surface area contributed by atoms with Crippen molar-refractivity contribution in [2.75, 3.05) is 48.4 Å². The average Bonchev–Trinajstić information content (AvgIpc) is 2.92. The number of aromatic amines is 1. The number of hydrogen-bond donors (Lipinski definition) is 1. The van der Waals surface area contributed by atoms with Crippen molar-refractivity contribution in [2.45, 2.75) is 31.1 Å². The highest BCUT2D eigenvalue weighted by molar-refractivity contribution is 6.08. The van der Waals surface area contributed by atoms with Crippen LogP contribution >= 0.6 is 0 Å². The van der Waals surface area contributed by atoms with Gasteiger partial charge < -0.3 is 14.7 Å². The van der Waals surface area contributed by atoms with Crippen LogP contribution in [0.1, 0.15) is 30.4 Å². The van der Waals surface area contributed by atoms with Crippen LogP contribution in [0.25, 0.3) is 0 Å². The molecule has 3 aliphatic heterocycles. The standard InChI is InChI=1S/C21H24FN5O2/c1-25-10-4-5-13-17(25)23-20(24-18(13)28)27-11-8-21(9-12-27)16-14(22)6-3-7-15(16)26(2)19(21)29/h3,6-7H,4-5,8-12H2,1-2H3,(H,23,24,28). The van der Waals surface area contributed by atoms with E-state index in [1.165, 1.54) is 6.07 Å². The van der Waals surface area contributed by atoms with Crippen LogP contribution in [0, 0.1) is 5.82 Å². The summed E-state index contributed by atoms with van der Waals surface area (Å²) < 4.78 is 14.7. The van der Waals surface area contributed by atoms with Gasteiger partial charge in [-0.1, -0.05) is 6.07 Å². The number of nitrogens with zero attached hydrogens (tertiary/aromatic N) is 4. The Bertz CT molecular complexity index is 1060. The monoisotopic (exact) mass is 397 g/mol. The van der Waals surface area contributed by atoms with Gasteiger partial charge in [-0.05, 0) is 37.8 Å². The van der Waals surface area contributed by atoms with Crippen LogP contribution in [-0.4, -0.2) is 49.6 Å². The van der Waals surface area contributed by atoms with Crippen molar-refractivity contribution in [3.63, 3.8) is 0 Å². The van der Waals surface area contributed by atoms with E-state index in [-0.39, 0.29) is 17.3 Å². The van der Waals surface area contributed by atoms with Crippen molar-refractivity contribution in [1.82, 2.24) is 9.97 Å². The van der Waals surface area contributed by atoms with Crippen LogP contribution in [0.4, 0.5) is 21.8 Å². The maximum atomic E-state index is 14.7. The maximum absolute atomic E-state index is 14.7. The number of aromatic nitrogens is 2. The number of nitrogens with one attached hydrogen (secondary N) is 1. The molecule has 7 nitrogen and oxygen atoms in total. The van der Waals surface area contributed by atoms with E-state index >= 15 is 0 Å². The molecule has 5 rings (SSSR count). The van der Waals surface area contributed by atoms with Gasteiger partial charge in [0.1, 0.15) is 11.6 Å². The van der Waals surface area contributed by atoms with Crippen LogP contribution in [-0.2, 0) is 16.6 Å². The molecule has 1 fully saturated rings. The van der Waals surface area contributed by atoms with Crippen molar-refractivity contribution >= 4 is 23.4 Å². The quantitative estimate of drug-likeness (QED) is 0.795. The molecule has 1 amide bonds. The fourth-order valence-corrected chi connectivity index (χ4v) is 5.13. The zero-order chi connectivity index (χ0) is 20.3. The number of rotatable bonds is 1. The third-order valence-corrected chi connectivity index (χ3v) is 6.73. The first-order valence-corrected chi connectivity index (χ1v) is 10.1. The highest BCUT2D eigenvalue weighted by Crippen LogP contribution is 2.48. The van der Waals surface area contributed by atoms with Crippen molar-refractivity contribution in [2.24, 2.45) is 0 Å². The van der Waals surface area contributed by atoms with Gasteiger partial charge in [-0.3, -0.25) is 14.6 Å². The van der Waals surface area contributed by atoms with E-state index in [4.69, 9.17) is 4.98 Å². The summed E-state index contributed by atoms with van der Waals surface area (Å²) in [6.45, 7) is 1.93. The maximum Gasteiger partial charge on any atom is 0.257 e. The van der Waals surface area contributed by atoms with E-state index in [9.17, 15) is 14.0 Å². The number of halogens is 1. The van der Waals surface area contributed by atoms with Gasteiger partial charge in [0.05, 0.1) is 16.7 Å². The molecule has 2 aromatic rings. The predicted molar refractivity (Wildman–Crippen MR) is 109 cm³/mol. The summed E-state index contributed by atoms with van der Waals surface area (Å²) in [4.78, 5) is 38.9. The van der Waals surface area contributed by atoms with E-state index in [1.54, 1.807) is 24.1 Å². The summed E-state index contributed by atoms with van der Waals surface area (Å²) in [6, 6.07) is 4.87. The highest BCUT2D eigenvalue weighted by atomic mass is 19.1. The number of benzene rings is 1. The molecule has 8 heteroatoms. The Morgan fingerprint density at radius 2 is 1.90 bits per heavy atom. The van der Waals surface area contributed by atoms with Crippen molar-refractivity contribution in [3.05, 3.63) is 45.5 Å². The second kappa shape index (κ2) is 6.30. The molecule has 152 valence electrons. The van der Waals surface area contributed by atoms with Crippen LogP contribution < -0.4 is 20.3 Å². The highest BCUT2D eigenvalue weighted by Gasteiger charge is 2.52. The number of amides is 1. The Labute approximate surface area is 168 Å². The normalized spacial score (nSPS) is 20.2. The zero-order valence-corrected chi connectivity index (χ0v) is 16.7. The Morgan fingerprint density at radius 1 is 1.14 bits per heavy atom. The fourth-order valence-electron chi connectivity index (χ4n) is 5.13. The summed E-state index contributed by atoms with van der Waals surface area (Å²) in [7, 11) is 3.66. The lowest BCUT2D eigenvalue weighted by Gasteiger charge is -2.39. The lowest BCUT2D eigenvalue weighted by atomic mass is 9.73. The zero-order valence-electron chi connectivity index (χ0n) is 16.7.